The topological polar surface area (TPSA) is 46.5 Å². The minimum atomic E-state index is -1.08. The molecule has 0 fully saturated rings. The lowest BCUT2D eigenvalue weighted by atomic mass is 9.69. The predicted octanol–water partition coefficient (Wildman–Crippen LogP) is 5.19. The van der Waals surface area contributed by atoms with Crippen LogP contribution in [-0.2, 0) is 16.6 Å². The van der Waals surface area contributed by atoms with Gasteiger partial charge in [-0.25, -0.2) is 0 Å². The summed E-state index contributed by atoms with van der Waals surface area (Å²) in [6, 6.07) is 25.2. The van der Waals surface area contributed by atoms with E-state index in [0.29, 0.717) is 17.9 Å². The van der Waals surface area contributed by atoms with Crippen LogP contribution >= 0.6 is 0 Å². The molecule has 0 amide bonds. The van der Waals surface area contributed by atoms with Crippen molar-refractivity contribution in [3.05, 3.63) is 95.6 Å². The van der Waals surface area contributed by atoms with Gasteiger partial charge in [-0.2, -0.15) is 0 Å². The first-order chi connectivity index (χ1) is 12.7. The van der Waals surface area contributed by atoms with Crippen LogP contribution in [0, 0.1) is 0 Å². The van der Waals surface area contributed by atoms with Crippen molar-refractivity contribution in [2.75, 3.05) is 0 Å². The molecule has 1 N–H and O–H groups in total. The highest BCUT2D eigenvalue weighted by molar-refractivity contribution is 5.89. The Morgan fingerprint density at radius 2 is 1.35 bits per heavy atom. The number of carboxylic acids is 1. The summed E-state index contributed by atoms with van der Waals surface area (Å²) < 4.78 is 5.98. The van der Waals surface area contributed by atoms with Crippen LogP contribution < -0.4 is 4.74 Å². The lowest BCUT2D eigenvalue weighted by Gasteiger charge is -2.37. The molecule has 1 heterocycles. The van der Waals surface area contributed by atoms with Crippen molar-refractivity contribution in [1.82, 2.24) is 0 Å². The summed E-state index contributed by atoms with van der Waals surface area (Å²) >= 11 is 0. The summed E-state index contributed by atoms with van der Waals surface area (Å²) in [7, 11) is 0. The molecule has 4 rings (SSSR count). The van der Waals surface area contributed by atoms with Crippen molar-refractivity contribution in [3.63, 3.8) is 0 Å². The standard InChI is InChI=1S/C23H20O3/c24-22(25)23(16-8-11-17-9-2-1-3-10-17)18-12-4-6-14-20(18)26-21-15-7-5-13-19(21)23/h1-7,9-10,12-15H,8,11,16H2,(H,24,25). The van der Waals surface area contributed by atoms with Crippen LogP contribution in [0.25, 0.3) is 0 Å². The van der Waals surface area contributed by atoms with Gasteiger partial charge in [0.25, 0.3) is 0 Å². The van der Waals surface area contributed by atoms with Gasteiger partial charge in [0.2, 0.25) is 0 Å². The Morgan fingerprint density at radius 1 is 0.808 bits per heavy atom. The molecule has 1 aliphatic rings. The van der Waals surface area contributed by atoms with Gasteiger partial charge in [-0.05, 0) is 37.0 Å². The maximum atomic E-state index is 12.6. The number of benzene rings is 3. The number of hydrogen-bond donors (Lipinski definition) is 1. The highest BCUT2D eigenvalue weighted by atomic mass is 16.5. The van der Waals surface area contributed by atoms with Gasteiger partial charge in [0.15, 0.2) is 0 Å². The Morgan fingerprint density at radius 3 is 1.92 bits per heavy atom. The molecule has 26 heavy (non-hydrogen) atoms. The van der Waals surface area contributed by atoms with Crippen molar-refractivity contribution in [2.24, 2.45) is 0 Å². The Labute approximate surface area is 152 Å². The van der Waals surface area contributed by atoms with Crippen molar-refractivity contribution in [2.45, 2.75) is 24.7 Å². The fourth-order valence-electron chi connectivity index (χ4n) is 3.89. The number of carboxylic acid groups (broad SMARTS) is 1. The van der Waals surface area contributed by atoms with Crippen LogP contribution in [0.3, 0.4) is 0 Å². The van der Waals surface area contributed by atoms with Crippen LogP contribution in [0.2, 0.25) is 0 Å². The number of para-hydroxylation sites is 2. The Kier molecular flexibility index (Phi) is 4.21. The molecule has 3 aromatic carbocycles. The van der Waals surface area contributed by atoms with E-state index in [1.807, 2.05) is 66.7 Å². The predicted molar refractivity (Wildman–Crippen MR) is 101 cm³/mol. The second-order valence-electron chi connectivity index (χ2n) is 6.64. The molecule has 3 heteroatoms. The van der Waals surface area contributed by atoms with E-state index in [-0.39, 0.29) is 0 Å². The van der Waals surface area contributed by atoms with Crippen molar-refractivity contribution < 1.29 is 14.6 Å². The lowest BCUT2D eigenvalue weighted by molar-refractivity contribution is -0.142. The first kappa shape index (κ1) is 16.4. The van der Waals surface area contributed by atoms with Gasteiger partial charge in [-0.15, -0.1) is 0 Å². The summed E-state index contributed by atoms with van der Waals surface area (Å²) in [5.74, 6) is 0.440. The smallest absolute Gasteiger partial charge is 0.318 e. The number of carbonyl (C=O) groups is 1. The van der Waals surface area contributed by atoms with E-state index in [0.717, 1.165) is 24.0 Å². The fourth-order valence-corrected chi connectivity index (χ4v) is 3.89. The zero-order chi connectivity index (χ0) is 18.0. The second-order valence-corrected chi connectivity index (χ2v) is 6.64. The maximum absolute atomic E-state index is 12.6. The van der Waals surface area contributed by atoms with Crippen LogP contribution in [0.1, 0.15) is 29.5 Å². The molecular formula is C23H20O3. The van der Waals surface area contributed by atoms with Gasteiger partial charge in [-0.3, -0.25) is 4.79 Å². The number of rotatable bonds is 5. The zero-order valence-electron chi connectivity index (χ0n) is 14.4. The lowest BCUT2D eigenvalue weighted by Crippen LogP contribution is -2.39. The van der Waals surface area contributed by atoms with Crippen LogP contribution in [0.4, 0.5) is 0 Å². The molecule has 0 unspecified atom stereocenters. The Balaban J connectivity index is 1.75. The zero-order valence-corrected chi connectivity index (χ0v) is 14.4. The van der Waals surface area contributed by atoms with E-state index >= 15 is 0 Å². The van der Waals surface area contributed by atoms with E-state index in [9.17, 15) is 9.90 Å². The third kappa shape index (κ3) is 2.66. The molecule has 1 aliphatic heterocycles. The summed E-state index contributed by atoms with van der Waals surface area (Å²) in [5.41, 5.74) is 1.61. The highest BCUT2D eigenvalue weighted by Crippen LogP contribution is 2.50. The molecular weight excluding hydrogens is 324 g/mol. The molecule has 0 atom stereocenters. The van der Waals surface area contributed by atoms with E-state index in [4.69, 9.17) is 4.74 Å². The largest absolute Gasteiger partial charge is 0.480 e. The highest BCUT2D eigenvalue weighted by Gasteiger charge is 2.47. The minimum absolute atomic E-state index is 0.522. The third-order valence-electron chi connectivity index (χ3n) is 5.14. The molecule has 0 saturated heterocycles. The number of aryl methyl sites for hydroxylation is 1. The average Bonchev–Trinajstić information content (AvgIpc) is 2.68. The Bertz CT molecular complexity index is 885. The third-order valence-corrected chi connectivity index (χ3v) is 5.14. The molecule has 0 bridgehead atoms. The molecule has 3 aromatic rings. The van der Waals surface area contributed by atoms with E-state index in [2.05, 4.69) is 12.1 Å². The van der Waals surface area contributed by atoms with Gasteiger partial charge in [0, 0.05) is 11.1 Å². The summed E-state index contributed by atoms with van der Waals surface area (Å²) in [6.07, 6.45) is 2.15. The van der Waals surface area contributed by atoms with Gasteiger partial charge in [-0.1, -0.05) is 66.7 Å². The number of aliphatic carboxylic acids is 1. The van der Waals surface area contributed by atoms with Gasteiger partial charge in [0.05, 0.1) is 0 Å². The van der Waals surface area contributed by atoms with E-state index < -0.39 is 11.4 Å². The summed E-state index contributed by atoms with van der Waals surface area (Å²) in [5, 5.41) is 10.3. The molecule has 0 saturated carbocycles. The molecule has 130 valence electrons. The van der Waals surface area contributed by atoms with E-state index in [1.165, 1.54) is 5.56 Å². The molecule has 0 spiro atoms. The monoisotopic (exact) mass is 344 g/mol. The number of fused-ring (bicyclic) bond motifs is 2. The molecule has 0 aliphatic carbocycles. The quantitative estimate of drug-likeness (QED) is 0.693. The Hall–Kier alpha value is -3.07. The minimum Gasteiger partial charge on any atom is -0.480 e. The summed E-state index contributed by atoms with van der Waals surface area (Å²) in [6.45, 7) is 0. The average molecular weight is 344 g/mol. The first-order valence-corrected chi connectivity index (χ1v) is 8.86. The summed E-state index contributed by atoms with van der Waals surface area (Å²) in [4.78, 5) is 12.6. The van der Waals surface area contributed by atoms with Crippen LogP contribution in [0.5, 0.6) is 11.5 Å². The van der Waals surface area contributed by atoms with Crippen molar-refractivity contribution in [1.29, 1.82) is 0 Å². The van der Waals surface area contributed by atoms with Crippen molar-refractivity contribution in [3.8, 4) is 11.5 Å². The van der Waals surface area contributed by atoms with Crippen molar-refractivity contribution >= 4 is 5.97 Å². The van der Waals surface area contributed by atoms with Crippen LogP contribution in [-0.4, -0.2) is 11.1 Å². The fraction of sp³-hybridized carbons (Fsp3) is 0.174. The number of hydrogen-bond acceptors (Lipinski definition) is 2. The number of ether oxygens (including phenoxy) is 1. The van der Waals surface area contributed by atoms with Gasteiger partial charge < -0.3 is 9.84 Å². The van der Waals surface area contributed by atoms with Gasteiger partial charge in [0.1, 0.15) is 16.9 Å². The second kappa shape index (κ2) is 6.68. The molecule has 0 radical (unpaired) electrons. The van der Waals surface area contributed by atoms with E-state index in [1.54, 1.807) is 0 Å². The van der Waals surface area contributed by atoms with Gasteiger partial charge >= 0.3 is 5.97 Å². The maximum Gasteiger partial charge on any atom is 0.318 e. The molecule has 0 aromatic heterocycles. The van der Waals surface area contributed by atoms with Crippen LogP contribution in [0.15, 0.2) is 78.9 Å². The normalized spacial score (nSPS) is 14.0. The first-order valence-electron chi connectivity index (χ1n) is 8.86. The molecule has 3 nitrogen and oxygen atoms in total. The SMILES string of the molecule is O=C(O)C1(CCCc2ccccc2)c2ccccc2Oc2ccccc21.